The zero-order valence-corrected chi connectivity index (χ0v) is 9.65. The van der Waals surface area contributed by atoms with Crippen molar-refractivity contribution >= 4 is 10.2 Å². The number of rotatable bonds is 2. The molecule has 56 valence electrons. The van der Waals surface area contributed by atoms with Gasteiger partial charge < -0.3 is 0 Å². The first kappa shape index (κ1) is 9.22. The third-order valence-electron chi connectivity index (χ3n) is 2.98. The number of hydrogen-bond acceptors (Lipinski definition) is 0. The fourth-order valence-corrected chi connectivity index (χ4v) is 0.667. The van der Waals surface area contributed by atoms with Crippen LogP contribution < -0.4 is 0 Å². The van der Waals surface area contributed by atoms with Gasteiger partial charge in [0, 0.05) is 10.2 Å². The molecule has 0 heterocycles. The van der Waals surface area contributed by atoms with Crippen molar-refractivity contribution in [2.24, 2.45) is 11.8 Å². The van der Waals surface area contributed by atoms with Gasteiger partial charge in [0.15, 0.2) is 0 Å². The third kappa shape index (κ3) is 2.13. The van der Waals surface area contributed by atoms with Gasteiger partial charge in [-0.2, -0.15) is 0 Å². The Balaban J connectivity index is 4.01. The molecule has 0 saturated carbocycles. The van der Waals surface area contributed by atoms with Gasteiger partial charge in [0.25, 0.3) is 0 Å². The summed E-state index contributed by atoms with van der Waals surface area (Å²) in [5.74, 6) is 1.70. The van der Waals surface area contributed by atoms with Crippen LogP contribution in [0.25, 0.3) is 0 Å². The molecule has 0 spiro atoms. The molecule has 0 aromatic rings. The molecule has 1 heteroatoms. The summed E-state index contributed by atoms with van der Waals surface area (Å²) in [5, 5.41) is 0.639. The summed E-state index contributed by atoms with van der Waals surface area (Å²) in [6.45, 7) is 11.7. The van der Waals surface area contributed by atoms with E-state index in [0.29, 0.717) is 5.04 Å². The molecule has 0 aliphatic rings. The standard InChI is InChI=1S/C8H20Si/c1-6(2)8(5,9)7(3)4/h6-7H,1-5,9H3. The summed E-state index contributed by atoms with van der Waals surface area (Å²) < 4.78 is 0. The summed E-state index contributed by atoms with van der Waals surface area (Å²) in [6.07, 6.45) is 0. The molecule has 0 rings (SSSR count). The molecule has 0 saturated heterocycles. The van der Waals surface area contributed by atoms with E-state index in [1.807, 2.05) is 0 Å². The SMILES string of the molecule is CC(C)C(C)([SiH3])C(C)C. The van der Waals surface area contributed by atoms with Crippen molar-refractivity contribution in [3.63, 3.8) is 0 Å². The van der Waals surface area contributed by atoms with Crippen LogP contribution in [0.2, 0.25) is 5.04 Å². The van der Waals surface area contributed by atoms with Crippen LogP contribution in [0.5, 0.6) is 0 Å². The minimum absolute atomic E-state index is 0.639. The van der Waals surface area contributed by atoms with E-state index in [2.05, 4.69) is 34.6 Å². The van der Waals surface area contributed by atoms with Crippen LogP contribution in [-0.4, -0.2) is 10.2 Å². The molecular weight excluding hydrogens is 124 g/mol. The van der Waals surface area contributed by atoms with Crippen LogP contribution in [0, 0.1) is 11.8 Å². The maximum absolute atomic E-state index is 2.40. The van der Waals surface area contributed by atoms with E-state index >= 15 is 0 Å². The topological polar surface area (TPSA) is 0 Å². The van der Waals surface area contributed by atoms with Crippen LogP contribution >= 0.6 is 0 Å². The van der Waals surface area contributed by atoms with Crippen LogP contribution in [0.3, 0.4) is 0 Å². The predicted octanol–water partition coefficient (Wildman–Crippen LogP) is 1.84. The highest BCUT2D eigenvalue weighted by atomic mass is 28.1. The lowest BCUT2D eigenvalue weighted by Crippen LogP contribution is -2.21. The molecule has 0 aromatic heterocycles. The molecule has 0 N–H and O–H groups in total. The molecule has 0 aromatic carbocycles. The highest BCUT2D eigenvalue weighted by Gasteiger charge is 2.25. The fourth-order valence-electron chi connectivity index (χ4n) is 0.667. The molecule has 0 atom stereocenters. The summed E-state index contributed by atoms with van der Waals surface area (Å²) in [4.78, 5) is 0. The Morgan fingerprint density at radius 1 is 1.00 bits per heavy atom. The second-order valence-electron chi connectivity index (χ2n) is 4.13. The van der Waals surface area contributed by atoms with E-state index in [-0.39, 0.29) is 0 Å². The lowest BCUT2D eigenvalue weighted by atomic mass is 9.86. The molecule has 0 bridgehead atoms. The Kier molecular flexibility index (Phi) is 2.94. The Morgan fingerprint density at radius 3 is 1.22 bits per heavy atom. The lowest BCUT2D eigenvalue weighted by Gasteiger charge is -2.33. The average molecular weight is 144 g/mol. The third-order valence-corrected chi connectivity index (χ3v) is 5.29. The van der Waals surface area contributed by atoms with E-state index in [9.17, 15) is 0 Å². The van der Waals surface area contributed by atoms with Crippen molar-refractivity contribution in [2.45, 2.75) is 39.7 Å². The zero-order valence-electron chi connectivity index (χ0n) is 7.65. The van der Waals surface area contributed by atoms with Gasteiger partial charge in [-0.05, 0) is 16.9 Å². The van der Waals surface area contributed by atoms with Gasteiger partial charge in [-0.15, -0.1) is 0 Å². The van der Waals surface area contributed by atoms with E-state index < -0.39 is 0 Å². The van der Waals surface area contributed by atoms with Gasteiger partial charge in [0.1, 0.15) is 0 Å². The van der Waals surface area contributed by atoms with Crippen LogP contribution in [0.15, 0.2) is 0 Å². The fraction of sp³-hybridized carbons (Fsp3) is 1.00. The molecular formula is C8H20Si. The first-order valence-corrected chi connectivity index (χ1v) is 4.89. The Hall–Kier alpha value is 0.217. The van der Waals surface area contributed by atoms with Crippen molar-refractivity contribution < 1.29 is 0 Å². The monoisotopic (exact) mass is 144 g/mol. The normalized spacial score (nSPS) is 13.7. The smallest absolute Gasteiger partial charge is 0.0109 e. The van der Waals surface area contributed by atoms with E-state index in [1.165, 1.54) is 10.2 Å². The molecule has 0 fully saturated rings. The second kappa shape index (κ2) is 2.87. The average Bonchev–Trinajstić information content (AvgIpc) is 1.65. The van der Waals surface area contributed by atoms with Crippen LogP contribution in [0.1, 0.15) is 34.6 Å². The van der Waals surface area contributed by atoms with Gasteiger partial charge >= 0.3 is 0 Å². The summed E-state index contributed by atoms with van der Waals surface area (Å²) in [6, 6.07) is 0. The van der Waals surface area contributed by atoms with Crippen LogP contribution in [-0.2, 0) is 0 Å². The Bertz CT molecular complexity index is 72.6. The molecule has 0 aliphatic heterocycles. The van der Waals surface area contributed by atoms with Crippen molar-refractivity contribution in [2.75, 3.05) is 0 Å². The minimum atomic E-state index is 0.639. The second-order valence-corrected chi connectivity index (χ2v) is 6.29. The highest BCUT2D eigenvalue weighted by molar-refractivity contribution is 6.15. The zero-order chi connectivity index (χ0) is 7.65. The Morgan fingerprint density at radius 2 is 1.22 bits per heavy atom. The number of hydrogen-bond donors (Lipinski definition) is 0. The van der Waals surface area contributed by atoms with E-state index in [4.69, 9.17) is 0 Å². The van der Waals surface area contributed by atoms with Gasteiger partial charge in [-0.25, -0.2) is 0 Å². The molecule has 0 radical (unpaired) electrons. The Labute approximate surface area is 62.5 Å². The summed E-state index contributed by atoms with van der Waals surface area (Å²) in [7, 11) is 1.32. The van der Waals surface area contributed by atoms with E-state index in [0.717, 1.165) is 11.8 Å². The van der Waals surface area contributed by atoms with Crippen molar-refractivity contribution in [1.29, 1.82) is 0 Å². The first-order chi connectivity index (χ1) is 3.89. The highest BCUT2D eigenvalue weighted by Crippen LogP contribution is 2.38. The largest absolute Gasteiger partial charge is 0.0626 e. The van der Waals surface area contributed by atoms with Crippen molar-refractivity contribution in [3.05, 3.63) is 0 Å². The predicted molar refractivity (Wildman–Crippen MR) is 48.0 cm³/mol. The van der Waals surface area contributed by atoms with Crippen molar-refractivity contribution in [1.82, 2.24) is 0 Å². The minimum Gasteiger partial charge on any atom is -0.0626 e. The summed E-state index contributed by atoms with van der Waals surface area (Å²) >= 11 is 0. The molecule has 0 nitrogen and oxygen atoms in total. The lowest BCUT2D eigenvalue weighted by molar-refractivity contribution is 0.339. The van der Waals surface area contributed by atoms with Gasteiger partial charge in [-0.3, -0.25) is 0 Å². The molecule has 9 heavy (non-hydrogen) atoms. The van der Waals surface area contributed by atoms with Gasteiger partial charge in [0.2, 0.25) is 0 Å². The molecule has 0 unspecified atom stereocenters. The first-order valence-electron chi connectivity index (χ1n) is 3.89. The maximum atomic E-state index is 2.40. The van der Waals surface area contributed by atoms with Crippen molar-refractivity contribution in [3.8, 4) is 0 Å². The van der Waals surface area contributed by atoms with Gasteiger partial charge in [0.05, 0.1) is 0 Å². The van der Waals surface area contributed by atoms with Crippen LogP contribution in [0.4, 0.5) is 0 Å². The quantitative estimate of drug-likeness (QED) is 0.519. The maximum Gasteiger partial charge on any atom is 0.0109 e. The summed E-state index contributed by atoms with van der Waals surface area (Å²) in [5.41, 5.74) is 0. The van der Waals surface area contributed by atoms with E-state index in [1.54, 1.807) is 0 Å². The van der Waals surface area contributed by atoms with Gasteiger partial charge in [-0.1, -0.05) is 34.6 Å². The molecule has 0 aliphatic carbocycles. The molecule has 0 amide bonds.